The smallest absolute Gasteiger partial charge is 0.114 e. The lowest BCUT2D eigenvalue weighted by Crippen LogP contribution is -2.33. The fraction of sp³-hybridized carbons (Fsp3) is 1.00. The summed E-state index contributed by atoms with van der Waals surface area (Å²) in [7, 11) is 0. The second-order valence-corrected chi connectivity index (χ2v) is 4.04. The van der Waals surface area contributed by atoms with Gasteiger partial charge in [0.05, 0.1) is 4.83 Å². The van der Waals surface area contributed by atoms with Gasteiger partial charge in [-0.2, -0.15) is 0 Å². The highest BCUT2D eigenvalue weighted by Gasteiger charge is 2.28. The number of halogens is 2. The van der Waals surface area contributed by atoms with Crippen LogP contribution in [0.15, 0.2) is 0 Å². The Morgan fingerprint density at radius 3 is 2.22 bits per heavy atom. The van der Waals surface area contributed by atoms with E-state index in [-0.39, 0.29) is 4.83 Å². The van der Waals surface area contributed by atoms with Gasteiger partial charge >= 0.3 is 0 Å². The zero-order valence-electron chi connectivity index (χ0n) is 5.66. The number of hydrogen-bond donors (Lipinski definition) is 0. The Hall–Kier alpha value is 0.920. The maximum Gasteiger partial charge on any atom is 0.114 e. The van der Waals surface area contributed by atoms with Crippen molar-refractivity contribution in [1.29, 1.82) is 0 Å². The lowest BCUT2D eigenvalue weighted by Gasteiger charge is -2.22. The highest BCUT2D eigenvalue weighted by Crippen LogP contribution is 2.23. The molecule has 0 heterocycles. The van der Waals surface area contributed by atoms with Crippen molar-refractivity contribution in [3.8, 4) is 0 Å². The van der Waals surface area contributed by atoms with Crippen LogP contribution in [0.1, 0.15) is 20.3 Å². The van der Waals surface area contributed by atoms with Gasteiger partial charge in [-0.05, 0) is 13.3 Å². The lowest BCUT2D eigenvalue weighted by molar-refractivity contribution is -0.0115. The van der Waals surface area contributed by atoms with E-state index in [9.17, 15) is 5.11 Å². The normalized spacial score (nSPS) is 21.0. The van der Waals surface area contributed by atoms with E-state index in [2.05, 4.69) is 31.9 Å². The minimum atomic E-state index is -0.830. The molecular formula is C6H11Br2O. The minimum Gasteiger partial charge on any atom is -0.229 e. The molecule has 1 radical (unpaired) electrons. The van der Waals surface area contributed by atoms with Gasteiger partial charge in [-0.3, -0.25) is 0 Å². The van der Waals surface area contributed by atoms with Crippen LogP contribution in [0, 0.1) is 0 Å². The predicted molar refractivity (Wildman–Crippen MR) is 45.9 cm³/mol. The Morgan fingerprint density at radius 1 is 1.67 bits per heavy atom. The Bertz CT molecular complexity index is 83.1. The molecule has 0 rings (SSSR count). The number of hydrogen-bond acceptors (Lipinski definition) is 0. The van der Waals surface area contributed by atoms with E-state index in [0.29, 0.717) is 6.42 Å². The number of rotatable bonds is 3. The molecule has 3 heteroatoms. The fourth-order valence-corrected chi connectivity index (χ4v) is 1.39. The van der Waals surface area contributed by atoms with E-state index in [1.165, 1.54) is 0 Å². The summed E-state index contributed by atoms with van der Waals surface area (Å²) in [5, 5.41) is 12.0. The van der Waals surface area contributed by atoms with Crippen LogP contribution in [0.5, 0.6) is 0 Å². The van der Waals surface area contributed by atoms with E-state index in [0.717, 1.165) is 5.33 Å². The van der Waals surface area contributed by atoms with Crippen molar-refractivity contribution in [1.82, 2.24) is 0 Å². The van der Waals surface area contributed by atoms with Crippen molar-refractivity contribution >= 4 is 31.9 Å². The van der Waals surface area contributed by atoms with Crippen molar-refractivity contribution < 1.29 is 5.11 Å². The van der Waals surface area contributed by atoms with Gasteiger partial charge in [-0.25, -0.2) is 5.11 Å². The average molecular weight is 259 g/mol. The maximum atomic E-state index is 11.3. The molecule has 0 N–H and O–H groups in total. The molecular weight excluding hydrogens is 248 g/mol. The molecule has 2 atom stereocenters. The molecule has 0 amide bonds. The van der Waals surface area contributed by atoms with Crippen LogP contribution < -0.4 is 0 Å². The van der Waals surface area contributed by atoms with Crippen molar-refractivity contribution in [2.75, 3.05) is 5.33 Å². The molecule has 0 aliphatic carbocycles. The van der Waals surface area contributed by atoms with E-state index >= 15 is 0 Å². The van der Waals surface area contributed by atoms with E-state index in [4.69, 9.17) is 0 Å². The van der Waals surface area contributed by atoms with Gasteiger partial charge in [0.1, 0.15) is 5.60 Å². The Balaban J connectivity index is 3.80. The first-order chi connectivity index (χ1) is 4.04. The summed E-state index contributed by atoms with van der Waals surface area (Å²) in [6.45, 7) is 3.62. The van der Waals surface area contributed by atoms with Gasteiger partial charge in [0.15, 0.2) is 0 Å². The highest BCUT2D eigenvalue weighted by molar-refractivity contribution is 9.12. The molecule has 0 aromatic heterocycles. The summed E-state index contributed by atoms with van der Waals surface area (Å²) < 4.78 is 0. The standard InChI is InChI=1S/C6H11Br2O/c1-3-6(2,9)5(8)4-7/h5H,3-4H2,1-2H3. The monoisotopic (exact) mass is 257 g/mol. The summed E-state index contributed by atoms with van der Waals surface area (Å²) in [5.74, 6) is 0. The summed E-state index contributed by atoms with van der Waals surface area (Å²) in [4.78, 5) is 0.0370. The molecule has 55 valence electrons. The average Bonchev–Trinajstić information content (AvgIpc) is 1.86. The van der Waals surface area contributed by atoms with Crippen LogP contribution in [0.3, 0.4) is 0 Å². The molecule has 0 aliphatic rings. The molecule has 0 fully saturated rings. The molecule has 0 aromatic rings. The third kappa shape index (κ3) is 3.01. The maximum absolute atomic E-state index is 11.3. The largest absolute Gasteiger partial charge is 0.229 e. The molecule has 0 saturated carbocycles. The van der Waals surface area contributed by atoms with Crippen LogP contribution in [0.2, 0.25) is 0 Å². The predicted octanol–water partition coefficient (Wildman–Crippen LogP) is 2.74. The Kier molecular flexibility index (Phi) is 4.34. The van der Waals surface area contributed by atoms with Crippen LogP contribution in [0.4, 0.5) is 0 Å². The molecule has 0 aromatic carbocycles. The van der Waals surface area contributed by atoms with Gasteiger partial charge < -0.3 is 0 Å². The summed E-state index contributed by atoms with van der Waals surface area (Å²) in [6, 6.07) is 0. The lowest BCUT2D eigenvalue weighted by atomic mass is 10.0. The quantitative estimate of drug-likeness (QED) is 0.694. The second-order valence-electron chi connectivity index (χ2n) is 2.29. The zero-order valence-corrected chi connectivity index (χ0v) is 8.83. The van der Waals surface area contributed by atoms with Crippen LogP contribution in [-0.2, 0) is 5.11 Å². The Morgan fingerprint density at radius 2 is 2.11 bits per heavy atom. The van der Waals surface area contributed by atoms with Crippen LogP contribution in [0.25, 0.3) is 0 Å². The molecule has 0 saturated heterocycles. The minimum absolute atomic E-state index is 0.0370. The van der Waals surface area contributed by atoms with Gasteiger partial charge in [0.25, 0.3) is 0 Å². The summed E-state index contributed by atoms with van der Waals surface area (Å²) in [6.07, 6.45) is 0.661. The van der Waals surface area contributed by atoms with Gasteiger partial charge in [-0.1, -0.05) is 38.8 Å². The zero-order chi connectivity index (χ0) is 7.49. The second kappa shape index (κ2) is 3.94. The van der Waals surface area contributed by atoms with Gasteiger partial charge in [0.2, 0.25) is 0 Å². The van der Waals surface area contributed by atoms with E-state index in [1.807, 2.05) is 6.92 Å². The molecule has 0 aliphatic heterocycles. The molecule has 0 spiro atoms. The first-order valence-electron chi connectivity index (χ1n) is 2.95. The molecule has 0 bridgehead atoms. The third-order valence-corrected chi connectivity index (χ3v) is 4.31. The molecule has 2 unspecified atom stereocenters. The van der Waals surface area contributed by atoms with Crippen LogP contribution >= 0.6 is 31.9 Å². The highest BCUT2D eigenvalue weighted by atomic mass is 79.9. The van der Waals surface area contributed by atoms with Gasteiger partial charge in [0, 0.05) is 5.33 Å². The van der Waals surface area contributed by atoms with Crippen molar-refractivity contribution in [2.45, 2.75) is 30.7 Å². The topological polar surface area (TPSA) is 19.9 Å². The third-order valence-electron chi connectivity index (χ3n) is 1.50. The van der Waals surface area contributed by atoms with E-state index in [1.54, 1.807) is 6.92 Å². The summed E-state index contributed by atoms with van der Waals surface area (Å²) in [5.41, 5.74) is -0.830. The van der Waals surface area contributed by atoms with Crippen molar-refractivity contribution in [3.05, 3.63) is 0 Å². The van der Waals surface area contributed by atoms with Crippen molar-refractivity contribution in [2.24, 2.45) is 0 Å². The van der Waals surface area contributed by atoms with Crippen molar-refractivity contribution in [3.63, 3.8) is 0 Å². The SMILES string of the molecule is CCC(C)([O])C(Br)CBr. The molecule has 9 heavy (non-hydrogen) atoms. The summed E-state index contributed by atoms with van der Waals surface area (Å²) >= 11 is 6.54. The molecule has 1 nitrogen and oxygen atoms in total. The van der Waals surface area contributed by atoms with E-state index < -0.39 is 5.60 Å². The fourth-order valence-electron chi connectivity index (χ4n) is 0.385. The first kappa shape index (κ1) is 9.92. The first-order valence-corrected chi connectivity index (χ1v) is 4.98. The Labute approximate surface area is 73.1 Å². The number of alkyl halides is 2. The van der Waals surface area contributed by atoms with Gasteiger partial charge in [-0.15, -0.1) is 0 Å². The van der Waals surface area contributed by atoms with Crippen LogP contribution in [-0.4, -0.2) is 15.8 Å².